The van der Waals surface area contributed by atoms with E-state index >= 15 is 0 Å². The van der Waals surface area contributed by atoms with Crippen LogP contribution in [-0.4, -0.2) is 10.2 Å². The highest BCUT2D eigenvalue weighted by Crippen LogP contribution is 2.54. The third kappa shape index (κ3) is 3.22. The van der Waals surface area contributed by atoms with Gasteiger partial charge >= 0.3 is 0 Å². The van der Waals surface area contributed by atoms with Crippen molar-refractivity contribution in [1.82, 2.24) is 0 Å². The van der Waals surface area contributed by atoms with E-state index in [1.54, 1.807) is 12.1 Å². The summed E-state index contributed by atoms with van der Waals surface area (Å²) in [4.78, 5) is 0. The van der Waals surface area contributed by atoms with E-state index in [4.69, 9.17) is 0 Å². The summed E-state index contributed by atoms with van der Waals surface area (Å²) in [5.41, 5.74) is 0.894. The molecule has 0 radical (unpaired) electrons. The Morgan fingerprint density at radius 1 is 0.880 bits per heavy atom. The van der Waals surface area contributed by atoms with Crippen molar-refractivity contribution in [2.45, 2.75) is 45.4 Å². The molecular weight excluding hydrogens is 322 g/mol. The van der Waals surface area contributed by atoms with E-state index in [-0.39, 0.29) is 16.9 Å². The lowest BCUT2D eigenvalue weighted by Crippen LogP contribution is -2.41. The molecule has 25 heavy (non-hydrogen) atoms. The van der Waals surface area contributed by atoms with Gasteiger partial charge in [0.25, 0.3) is 0 Å². The molecule has 2 N–H and O–H groups in total. The molecular formula is C21H24F2O2. The van der Waals surface area contributed by atoms with Crippen LogP contribution >= 0.6 is 0 Å². The summed E-state index contributed by atoms with van der Waals surface area (Å²) < 4.78 is 28.2. The number of halogens is 2. The van der Waals surface area contributed by atoms with Crippen LogP contribution in [0.1, 0.15) is 51.2 Å². The van der Waals surface area contributed by atoms with Gasteiger partial charge in [0.15, 0.2) is 23.1 Å². The molecule has 0 amide bonds. The first-order valence-electron chi connectivity index (χ1n) is 8.61. The van der Waals surface area contributed by atoms with E-state index in [0.717, 1.165) is 30.4 Å². The fourth-order valence-electron chi connectivity index (χ4n) is 4.79. The maximum Gasteiger partial charge on any atom is 0.165 e. The summed E-state index contributed by atoms with van der Waals surface area (Å²) >= 11 is 0. The SMILES string of the molecule is CC1CC(C)(C)CC(c2ccc(O)c(F)c2)(c2ccc(O)c(F)c2)C1. The van der Waals surface area contributed by atoms with Crippen molar-refractivity contribution in [2.75, 3.05) is 0 Å². The number of hydrogen-bond donors (Lipinski definition) is 2. The fraction of sp³-hybridized carbons (Fsp3) is 0.429. The number of hydrogen-bond acceptors (Lipinski definition) is 2. The van der Waals surface area contributed by atoms with Crippen molar-refractivity contribution in [3.63, 3.8) is 0 Å². The van der Waals surface area contributed by atoms with Crippen LogP contribution in [0.4, 0.5) is 8.78 Å². The van der Waals surface area contributed by atoms with E-state index in [1.807, 2.05) is 0 Å². The van der Waals surface area contributed by atoms with Gasteiger partial charge in [-0.1, -0.05) is 32.9 Å². The second-order valence-corrected chi connectivity index (χ2v) is 8.27. The predicted molar refractivity (Wildman–Crippen MR) is 93.7 cm³/mol. The lowest BCUT2D eigenvalue weighted by Gasteiger charge is -2.48. The molecule has 0 heterocycles. The van der Waals surface area contributed by atoms with E-state index < -0.39 is 17.0 Å². The maximum absolute atomic E-state index is 14.1. The fourth-order valence-corrected chi connectivity index (χ4v) is 4.79. The number of phenols is 2. The first-order chi connectivity index (χ1) is 11.6. The molecule has 0 saturated heterocycles. The normalized spacial score (nSPS) is 21.9. The zero-order valence-electron chi connectivity index (χ0n) is 14.8. The topological polar surface area (TPSA) is 40.5 Å². The van der Waals surface area contributed by atoms with Crippen LogP contribution in [-0.2, 0) is 5.41 Å². The molecule has 2 aromatic carbocycles. The molecule has 1 saturated carbocycles. The van der Waals surface area contributed by atoms with Gasteiger partial charge in [-0.3, -0.25) is 0 Å². The summed E-state index contributed by atoms with van der Waals surface area (Å²) in [7, 11) is 0. The van der Waals surface area contributed by atoms with Crippen LogP contribution < -0.4 is 0 Å². The predicted octanol–water partition coefficient (Wildman–Crippen LogP) is 5.51. The largest absolute Gasteiger partial charge is 0.505 e. The third-order valence-corrected chi connectivity index (χ3v) is 5.38. The van der Waals surface area contributed by atoms with Crippen molar-refractivity contribution in [3.8, 4) is 11.5 Å². The quantitative estimate of drug-likeness (QED) is 0.753. The van der Waals surface area contributed by atoms with Gasteiger partial charge in [-0.25, -0.2) is 8.78 Å². The Hall–Kier alpha value is -2.10. The van der Waals surface area contributed by atoms with Crippen LogP contribution in [0.25, 0.3) is 0 Å². The Morgan fingerprint density at radius 3 is 1.76 bits per heavy atom. The Morgan fingerprint density at radius 2 is 1.36 bits per heavy atom. The van der Waals surface area contributed by atoms with E-state index in [2.05, 4.69) is 20.8 Å². The molecule has 0 bridgehead atoms. The molecule has 1 aliphatic carbocycles. The van der Waals surface area contributed by atoms with Crippen molar-refractivity contribution >= 4 is 0 Å². The molecule has 1 unspecified atom stereocenters. The molecule has 2 aromatic rings. The van der Waals surface area contributed by atoms with Gasteiger partial charge in [0.1, 0.15) is 0 Å². The van der Waals surface area contributed by atoms with Crippen molar-refractivity contribution in [3.05, 3.63) is 59.2 Å². The molecule has 2 nitrogen and oxygen atoms in total. The number of rotatable bonds is 2. The second kappa shape index (κ2) is 6.01. The molecule has 4 heteroatoms. The van der Waals surface area contributed by atoms with Crippen LogP contribution in [0.5, 0.6) is 11.5 Å². The van der Waals surface area contributed by atoms with Crippen molar-refractivity contribution in [2.24, 2.45) is 11.3 Å². The summed E-state index contributed by atoms with van der Waals surface area (Å²) in [6.45, 7) is 6.50. The summed E-state index contributed by atoms with van der Waals surface area (Å²) in [5, 5.41) is 19.1. The first-order valence-corrected chi connectivity index (χ1v) is 8.61. The molecule has 1 aliphatic rings. The number of aromatic hydroxyl groups is 2. The Balaban J connectivity index is 2.23. The maximum atomic E-state index is 14.1. The van der Waals surface area contributed by atoms with Gasteiger partial charge in [0.2, 0.25) is 0 Å². The van der Waals surface area contributed by atoms with Crippen LogP contribution in [0.2, 0.25) is 0 Å². The number of phenolic OH excluding ortho intramolecular Hbond substituents is 2. The minimum atomic E-state index is -0.674. The molecule has 1 atom stereocenters. The summed E-state index contributed by atoms with van der Waals surface area (Å²) in [6.07, 6.45) is 2.53. The van der Waals surface area contributed by atoms with Gasteiger partial charge in [-0.05, 0) is 66.0 Å². The number of benzene rings is 2. The molecule has 3 rings (SSSR count). The molecule has 134 valence electrons. The molecule has 0 aliphatic heterocycles. The van der Waals surface area contributed by atoms with Crippen LogP contribution in [0, 0.1) is 23.0 Å². The molecule has 1 fully saturated rings. The lowest BCUT2D eigenvalue weighted by molar-refractivity contribution is 0.126. The Bertz CT molecular complexity index is 747. The standard InChI is InChI=1S/C21H24F2O2/c1-13-10-20(2,3)12-21(11-13,14-4-6-18(24)16(22)8-14)15-5-7-19(25)17(23)9-15/h4-9,13,24-25H,10-12H2,1-3H3. The first kappa shape index (κ1) is 17.7. The molecule has 0 spiro atoms. The van der Waals surface area contributed by atoms with Crippen molar-refractivity contribution in [1.29, 1.82) is 0 Å². The third-order valence-electron chi connectivity index (χ3n) is 5.38. The minimum absolute atomic E-state index is 0.000388. The highest BCUT2D eigenvalue weighted by molar-refractivity contribution is 5.45. The van der Waals surface area contributed by atoms with Crippen LogP contribution in [0.15, 0.2) is 36.4 Å². The summed E-state index contributed by atoms with van der Waals surface area (Å²) in [5.74, 6) is -1.75. The zero-order valence-corrected chi connectivity index (χ0v) is 14.8. The van der Waals surface area contributed by atoms with Crippen LogP contribution in [0.3, 0.4) is 0 Å². The van der Waals surface area contributed by atoms with Gasteiger partial charge in [0.05, 0.1) is 0 Å². The highest BCUT2D eigenvalue weighted by Gasteiger charge is 2.45. The van der Waals surface area contributed by atoms with E-state index in [1.165, 1.54) is 24.3 Å². The second-order valence-electron chi connectivity index (χ2n) is 8.27. The summed E-state index contributed by atoms with van der Waals surface area (Å²) in [6, 6.07) is 8.86. The average Bonchev–Trinajstić information content (AvgIpc) is 2.50. The van der Waals surface area contributed by atoms with E-state index in [9.17, 15) is 19.0 Å². The van der Waals surface area contributed by atoms with E-state index in [0.29, 0.717) is 5.92 Å². The average molecular weight is 346 g/mol. The van der Waals surface area contributed by atoms with Gasteiger partial charge < -0.3 is 10.2 Å². The van der Waals surface area contributed by atoms with Gasteiger partial charge in [0, 0.05) is 5.41 Å². The zero-order chi connectivity index (χ0) is 18.4. The smallest absolute Gasteiger partial charge is 0.165 e. The highest BCUT2D eigenvalue weighted by atomic mass is 19.1. The monoisotopic (exact) mass is 346 g/mol. The van der Waals surface area contributed by atoms with Gasteiger partial charge in [-0.15, -0.1) is 0 Å². The lowest BCUT2D eigenvalue weighted by atomic mass is 9.55. The van der Waals surface area contributed by atoms with Crippen molar-refractivity contribution < 1.29 is 19.0 Å². The minimum Gasteiger partial charge on any atom is -0.505 e. The Kier molecular flexibility index (Phi) is 4.26. The Labute approximate surface area is 147 Å². The molecule has 0 aromatic heterocycles. The van der Waals surface area contributed by atoms with Gasteiger partial charge in [-0.2, -0.15) is 0 Å².